The van der Waals surface area contributed by atoms with Gasteiger partial charge in [0.25, 0.3) is 0 Å². The quantitative estimate of drug-likeness (QED) is 0.0340. The van der Waals surface area contributed by atoms with Gasteiger partial charge in [-0.15, -0.1) is 0 Å². The highest BCUT2D eigenvalue weighted by Gasteiger charge is 2.33. The Balaban J connectivity index is 2.23. The molecule has 21 heteroatoms. The third kappa shape index (κ3) is 16.5. The zero-order valence-corrected chi connectivity index (χ0v) is 34.2. The van der Waals surface area contributed by atoms with Gasteiger partial charge in [-0.3, -0.25) is 43.7 Å². The molecule has 0 heterocycles. The number of nitro groups is 1. The number of nitro benzene ring substituents is 1. The van der Waals surface area contributed by atoms with E-state index in [1.807, 2.05) is 39.8 Å². The highest BCUT2D eigenvalue weighted by atomic mass is 16.6. The van der Waals surface area contributed by atoms with Crippen LogP contribution in [-0.2, 0) is 46.5 Å². The van der Waals surface area contributed by atoms with Crippen molar-refractivity contribution >= 4 is 52.8 Å². The van der Waals surface area contributed by atoms with Crippen LogP contribution in [0.5, 0.6) is 5.75 Å². The Bertz CT molecular complexity index is 1860. The van der Waals surface area contributed by atoms with Crippen molar-refractivity contribution in [3.63, 3.8) is 0 Å². The Labute approximate surface area is 346 Å². The summed E-state index contributed by atoms with van der Waals surface area (Å²) in [5, 5.41) is 55.8. The highest BCUT2D eigenvalue weighted by molar-refractivity contribution is 5.96. The van der Waals surface area contributed by atoms with Gasteiger partial charge in [-0.05, 0) is 61.3 Å². The molecular formula is C39H57N9O12. The average Bonchev–Trinajstić information content (AvgIpc) is 3.16. The number of phenolic OH excluding ortho intramolecular Hbond substituents is 1. The van der Waals surface area contributed by atoms with E-state index in [9.17, 15) is 53.9 Å². The fourth-order valence-electron chi connectivity index (χ4n) is 5.91. The molecule has 60 heavy (non-hydrogen) atoms. The predicted molar refractivity (Wildman–Crippen MR) is 217 cm³/mol. The number of carbonyl (C=O) groups excluding carboxylic acids is 6. The molecule has 0 aliphatic carbocycles. The van der Waals surface area contributed by atoms with E-state index in [0.29, 0.717) is 12.1 Å². The van der Waals surface area contributed by atoms with Crippen molar-refractivity contribution < 1.29 is 53.8 Å². The Morgan fingerprint density at radius 2 is 1.27 bits per heavy atom. The number of phenols is 1. The standard InChI is InChI=1S/C39H57N9O12/c1-20(2)14-27(42-18-24-8-6-7-9-25(24)40)36(55)46-28(15-21(3)4)37(56)47-30(19-49)39(58)43-22(5)35(54)45-29(16-23-10-12-32(50)31(17-23)48(59)60)38(57)44-26(34(41)53)11-13-33(51)52/h6-10,12,17,20-22,26-30,42,49-50H,11,13-16,18-19,40H2,1-5H3,(H2,41,53)(H,43,58)(H,44,57)(H,45,54)(H,46,55)(H,47,56)(H,51,52)/t22-,26-,27-,28-,29-,30-/m0/s1. The number of aliphatic carboxylic acids is 1. The lowest BCUT2D eigenvalue weighted by Crippen LogP contribution is -2.60. The summed E-state index contributed by atoms with van der Waals surface area (Å²) < 4.78 is 0. The van der Waals surface area contributed by atoms with Gasteiger partial charge in [0, 0.05) is 31.1 Å². The van der Waals surface area contributed by atoms with Crippen molar-refractivity contribution in [2.45, 2.75) is 110 Å². The van der Waals surface area contributed by atoms with Crippen molar-refractivity contribution in [2.75, 3.05) is 12.3 Å². The number of rotatable bonds is 25. The smallest absolute Gasteiger partial charge is 0.310 e. The maximum absolute atomic E-state index is 13.6. The van der Waals surface area contributed by atoms with E-state index in [4.69, 9.17) is 16.6 Å². The first-order valence-corrected chi connectivity index (χ1v) is 19.3. The normalized spacial score (nSPS) is 14.1. The van der Waals surface area contributed by atoms with Crippen molar-refractivity contribution in [3.8, 4) is 5.75 Å². The minimum absolute atomic E-state index is 0.0797. The molecule has 0 bridgehead atoms. The van der Waals surface area contributed by atoms with Crippen LogP contribution in [0.15, 0.2) is 42.5 Å². The third-order valence-electron chi connectivity index (χ3n) is 9.14. The molecule has 6 amide bonds. The van der Waals surface area contributed by atoms with E-state index < -0.39 is 120 Å². The monoisotopic (exact) mass is 843 g/mol. The van der Waals surface area contributed by atoms with Gasteiger partial charge in [0.1, 0.15) is 30.2 Å². The van der Waals surface area contributed by atoms with Gasteiger partial charge in [-0.2, -0.15) is 0 Å². The molecule has 0 unspecified atom stereocenters. The number of anilines is 1. The van der Waals surface area contributed by atoms with Crippen LogP contribution in [0.25, 0.3) is 0 Å². The number of carbonyl (C=O) groups is 7. The highest BCUT2D eigenvalue weighted by Crippen LogP contribution is 2.27. The van der Waals surface area contributed by atoms with E-state index in [2.05, 4.69) is 31.9 Å². The number of nitrogens with one attached hydrogen (secondary N) is 6. The lowest BCUT2D eigenvalue weighted by molar-refractivity contribution is -0.385. The van der Waals surface area contributed by atoms with Crippen LogP contribution >= 0.6 is 0 Å². The molecule has 330 valence electrons. The van der Waals surface area contributed by atoms with Gasteiger partial charge < -0.3 is 58.7 Å². The fourth-order valence-corrected chi connectivity index (χ4v) is 5.91. The molecule has 0 saturated carbocycles. The van der Waals surface area contributed by atoms with Gasteiger partial charge in [0.2, 0.25) is 35.4 Å². The minimum atomic E-state index is -1.60. The van der Waals surface area contributed by atoms with E-state index in [-0.39, 0.29) is 30.4 Å². The van der Waals surface area contributed by atoms with Crippen molar-refractivity contribution in [3.05, 3.63) is 63.7 Å². The molecule has 0 spiro atoms. The summed E-state index contributed by atoms with van der Waals surface area (Å²) in [5.41, 5.74) is 12.1. The molecule has 2 aromatic carbocycles. The van der Waals surface area contributed by atoms with E-state index >= 15 is 0 Å². The number of nitrogens with zero attached hydrogens (tertiary/aromatic N) is 1. The topological polar surface area (TPSA) is 348 Å². The molecule has 0 saturated heterocycles. The summed E-state index contributed by atoms with van der Waals surface area (Å²) in [6, 6.07) is 2.38. The number of aromatic hydroxyl groups is 1. The second-order valence-corrected chi connectivity index (χ2v) is 15.2. The number of carboxylic acid groups (broad SMARTS) is 1. The molecule has 0 radical (unpaired) electrons. The lowest BCUT2D eigenvalue weighted by atomic mass is 9.99. The molecule has 0 aliphatic rings. The Morgan fingerprint density at radius 3 is 1.83 bits per heavy atom. The van der Waals surface area contributed by atoms with Crippen LogP contribution < -0.4 is 43.4 Å². The molecule has 6 atom stereocenters. The maximum Gasteiger partial charge on any atom is 0.310 e. The van der Waals surface area contributed by atoms with Crippen LogP contribution in [-0.4, -0.2) is 105 Å². The second kappa shape index (κ2) is 23.9. The first kappa shape index (κ1) is 49.8. The van der Waals surface area contributed by atoms with Gasteiger partial charge in [-0.1, -0.05) is 52.0 Å². The number of hydrogen-bond donors (Lipinski definition) is 11. The van der Waals surface area contributed by atoms with Gasteiger partial charge in [0.15, 0.2) is 5.75 Å². The number of nitrogen functional groups attached to an aromatic ring is 1. The van der Waals surface area contributed by atoms with E-state index in [0.717, 1.165) is 17.7 Å². The van der Waals surface area contributed by atoms with Gasteiger partial charge >= 0.3 is 11.7 Å². The summed E-state index contributed by atoms with van der Waals surface area (Å²) in [6.07, 6.45) is -0.814. The average molecular weight is 844 g/mol. The van der Waals surface area contributed by atoms with Crippen LogP contribution in [0.1, 0.15) is 71.4 Å². The van der Waals surface area contributed by atoms with Gasteiger partial charge in [-0.25, -0.2) is 0 Å². The van der Waals surface area contributed by atoms with Gasteiger partial charge in [0.05, 0.1) is 17.6 Å². The van der Waals surface area contributed by atoms with E-state index in [1.165, 1.54) is 13.0 Å². The summed E-state index contributed by atoms with van der Waals surface area (Å²) in [4.78, 5) is 101. The van der Waals surface area contributed by atoms with Crippen LogP contribution in [0, 0.1) is 22.0 Å². The Morgan fingerprint density at radius 1 is 0.733 bits per heavy atom. The number of aliphatic hydroxyl groups is 1. The molecule has 0 aliphatic heterocycles. The Kier molecular flexibility index (Phi) is 19.8. The zero-order valence-electron chi connectivity index (χ0n) is 34.2. The molecule has 2 rings (SSSR count). The SMILES string of the molecule is CC(C)C[C@H](NCc1ccccc1N)C(=O)N[C@@H](CC(C)C)C(=O)N[C@@H](CO)C(=O)N[C@@H](C)C(=O)N[C@@H](Cc1ccc(O)c([N+](=O)[O-])c1)C(=O)N[C@@H](CCC(=O)O)C(N)=O. The molecule has 0 fully saturated rings. The van der Waals surface area contributed by atoms with Crippen molar-refractivity contribution in [1.82, 2.24) is 31.9 Å². The molecule has 21 nitrogen and oxygen atoms in total. The number of carboxylic acids is 1. The summed E-state index contributed by atoms with van der Waals surface area (Å²) >= 11 is 0. The summed E-state index contributed by atoms with van der Waals surface area (Å²) in [7, 11) is 0. The molecular weight excluding hydrogens is 786 g/mol. The largest absolute Gasteiger partial charge is 0.502 e. The lowest BCUT2D eigenvalue weighted by Gasteiger charge is -2.27. The number of amides is 6. The molecule has 13 N–H and O–H groups in total. The third-order valence-corrected chi connectivity index (χ3v) is 9.14. The molecule has 0 aromatic heterocycles. The van der Waals surface area contributed by atoms with E-state index in [1.54, 1.807) is 12.1 Å². The zero-order chi connectivity index (χ0) is 45.3. The predicted octanol–water partition coefficient (Wildman–Crippen LogP) is -0.538. The maximum atomic E-state index is 13.6. The number of primary amides is 1. The van der Waals surface area contributed by atoms with Crippen molar-refractivity contribution in [2.24, 2.45) is 17.6 Å². The van der Waals surface area contributed by atoms with Crippen LogP contribution in [0.3, 0.4) is 0 Å². The number of para-hydroxylation sites is 1. The first-order chi connectivity index (χ1) is 28.1. The summed E-state index contributed by atoms with van der Waals surface area (Å²) in [5.74, 6) is -7.35. The number of nitrogens with two attached hydrogens (primary N) is 2. The number of hydrogen-bond acceptors (Lipinski definition) is 13. The van der Waals surface area contributed by atoms with Crippen molar-refractivity contribution in [1.29, 1.82) is 0 Å². The van der Waals surface area contributed by atoms with Crippen LogP contribution in [0.2, 0.25) is 0 Å². The number of aliphatic hydroxyl groups excluding tert-OH is 1. The second-order valence-electron chi connectivity index (χ2n) is 15.2. The fraction of sp³-hybridized carbons (Fsp3) is 0.513. The Hall–Kier alpha value is -6.35. The summed E-state index contributed by atoms with van der Waals surface area (Å²) in [6.45, 7) is 8.10. The first-order valence-electron chi connectivity index (χ1n) is 19.3. The molecule has 2 aromatic rings. The van der Waals surface area contributed by atoms with Crippen LogP contribution in [0.4, 0.5) is 11.4 Å². The number of benzene rings is 2. The minimum Gasteiger partial charge on any atom is -0.502 e.